The molecular formula is C6H13FO5. The molecule has 0 aliphatic heterocycles. The minimum atomic E-state index is -2.03. The van der Waals surface area contributed by atoms with Gasteiger partial charge in [-0.2, -0.15) is 0 Å². The van der Waals surface area contributed by atoms with Gasteiger partial charge in [-0.25, -0.2) is 4.39 Å². The zero-order chi connectivity index (χ0) is 9.72. The fourth-order valence-corrected chi connectivity index (χ4v) is 0.658. The number of hydrogen-bond donors (Lipinski definition) is 5. The molecule has 0 aliphatic carbocycles. The molecule has 0 saturated heterocycles. The lowest BCUT2D eigenvalue weighted by Gasteiger charge is -2.22. The molecule has 0 fully saturated rings. The minimum Gasteiger partial charge on any atom is -0.394 e. The van der Waals surface area contributed by atoms with E-state index in [1.54, 1.807) is 0 Å². The summed E-state index contributed by atoms with van der Waals surface area (Å²) in [5.41, 5.74) is 0. The van der Waals surface area contributed by atoms with E-state index in [1.165, 1.54) is 0 Å². The summed E-state index contributed by atoms with van der Waals surface area (Å²) < 4.78 is 12.4. The Hall–Kier alpha value is -0.270. The van der Waals surface area contributed by atoms with E-state index in [4.69, 9.17) is 25.5 Å². The van der Waals surface area contributed by atoms with Crippen molar-refractivity contribution in [3.63, 3.8) is 0 Å². The van der Waals surface area contributed by atoms with E-state index in [2.05, 4.69) is 0 Å². The second kappa shape index (κ2) is 5.39. The average molecular weight is 184 g/mol. The lowest BCUT2D eigenvalue weighted by Crippen LogP contribution is -2.45. The molecule has 0 spiro atoms. The van der Waals surface area contributed by atoms with Gasteiger partial charge in [-0.3, -0.25) is 0 Å². The number of hydrogen-bond acceptors (Lipinski definition) is 5. The van der Waals surface area contributed by atoms with Gasteiger partial charge in [-0.05, 0) is 0 Å². The number of aliphatic hydroxyl groups excluding tert-OH is 5. The minimum absolute atomic E-state index is 0.781. The smallest absolute Gasteiger partial charge is 0.151 e. The first-order valence-corrected chi connectivity index (χ1v) is 3.44. The Morgan fingerprint density at radius 3 is 1.75 bits per heavy atom. The van der Waals surface area contributed by atoms with Gasteiger partial charge in [0.2, 0.25) is 0 Å². The molecule has 0 radical (unpaired) electrons. The molecule has 5 N–H and O–H groups in total. The zero-order valence-corrected chi connectivity index (χ0v) is 6.34. The molecule has 12 heavy (non-hydrogen) atoms. The molecule has 5 nitrogen and oxygen atoms in total. The summed E-state index contributed by atoms with van der Waals surface area (Å²) in [6.45, 7) is -1.73. The molecule has 4 atom stereocenters. The number of aliphatic hydroxyl groups is 5. The van der Waals surface area contributed by atoms with E-state index in [0.29, 0.717) is 0 Å². The highest BCUT2D eigenvalue weighted by Crippen LogP contribution is 2.07. The van der Waals surface area contributed by atoms with Crippen LogP contribution in [-0.2, 0) is 0 Å². The molecule has 0 rings (SSSR count). The molecule has 6 heteroatoms. The van der Waals surface area contributed by atoms with Crippen LogP contribution in [0.2, 0.25) is 0 Å². The SMILES string of the molecule is OC[C@@H](O)[C@H](O)[C@@H](O)[C@H](F)CO. The van der Waals surface area contributed by atoms with Crippen LogP contribution in [0.4, 0.5) is 4.39 Å². The summed E-state index contributed by atoms with van der Waals surface area (Å²) in [7, 11) is 0. The van der Waals surface area contributed by atoms with Crippen molar-refractivity contribution in [1.82, 2.24) is 0 Å². The van der Waals surface area contributed by atoms with Gasteiger partial charge in [-0.1, -0.05) is 0 Å². The quantitative estimate of drug-likeness (QED) is 0.322. The third-order valence-corrected chi connectivity index (χ3v) is 1.48. The summed E-state index contributed by atoms with van der Waals surface area (Å²) in [6.07, 6.45) is -7.32. The molecule has 0 amide bonds. The molecule has 0 bridgehead atoms. The van der Waals surface area contributed by atoms with Crippen molar-refractivity contribution < 1.29 is 29.9 Å². The largest absolute Gasteiger partial charge is 0.394 e. The van der Waals surface area contributed by atoms with Crippen molar-refractivity contribution >= 4 is 0 Å². The molecule has 0 aliphatic rings. The van der Waals surface area contributed by atoms with E-state index in [9.17, 15) is 4.39 Å². The fraction of sp³-hybridized carbons (Fsp3) is 1.00. The zero-order valence-electron chi connectivity index (χ0n) is 6.34. The number of alkyl halides is 1. The van der Waals surface area contributed by atoms with Gasteiger partial charge in [0.1, 0.15) is 18.3 Å². The van der Waals surface area contributed by atoms with Gasteiger partial charge in [0.25, 0.3) is 0 Å². The van der Waals surface area contributed by atoms with Crippen LogP contribution in [0.15, 0.2) is 0 Å². The first-order valence-electron chi connectivity index (χ1n) is 3.44. The topological polar surface area (TPSA) is 101 Å². The standard InChI is InChI=1S/C6H13FO5/c7-3(1-8)5(11)6(12)4(10)2-9/h3-6,8-12H,1-2H2/t3-,4-,5+,6+/m1/s1. The first-order chi connectivity index (χ1) is 5.54. The molecule has 0 aromatic rings. The number of rotatable bonds is 5. The summed E-state index contributed by atoms with van der Waals surface area (Å²) >= 11 is 0. The van der Waals surface area contributed by atoms with Gasteiger partial charge in [-0.15, -0.1) is 0 Å². The lowest BCUT2D eigenvalue weighted by molar-refractivity contribution is -0.106. The Labute approximate surface area is 68.7 Å². The molecule has 0 aromatic heterocycles. The monoisotopic (exact) mass is 184 g/mol. The van der Waals surface area contributed by atoms with E-state index < -0.39 is 37.7 Å². The molecular weight excluding hydrogens is 171 g/mol. The van der Waals surface area contributed by atoms with Crippen LogP contribution in [0.5, 0.6) is 0 Å². The fourth-order valence-electron chi connectivity index (χ4n) is 0.658. The first kappa shape index (κ1) is 11.7. The Morgan fingerprint density at radius 1 is 0.917 bits per heavy atom. The Morgan fingerprint density at radius 2 is 1.42 bits per heavy atom. The normalized spacial score (nSPS) is 21.5. The van der Waals surface area contributed by atoms with Crippen molar-refractivity contribution in [2.45, 2.75) is 24.5 Å². The summed E-state index contributed by atoms with van der Waals surface area (Å²) in [6, 6.07) is 0. The van der Waals surface area contributed by atoms with E-state index >= 15 is 0 Å². The van der Waals surface area contributed by atoms with E-state index in [-0.39, 0.29) is 0 Å². The van der Waals surface area contributed by atoms with Crippen molar-refractivity contribution in [1.29, 1.82) is 0 Å². The second-order valence-corrected chi connectivity index (χ2v) is 2.43. The van der Waals surface area contributed by atoms with E-state index in [1.807, 2.05) is 0 Å². The van der Waals surface area contributed by atoms with Crippen molar-refractivity contribution in [2.24, 2.45) is 0 Å². The van der Waals surface area contributed by atoms with Gasteiger partial charge in [0.05, 0.1) is 13.2 Å². The molecule has 0 saturated carbocycles. The van der Waals surface area contributed by atoms with Gasteiger partial charge < -0.3 is 25.5 Å². The van der Waals surface area contributed by atoms with Crippen LogP contribution in [0, 0.1) is 0 Å². The van der Waals surface area contributed by atoms with Crippen molar-refractivity contribution in [2.75, 3.05) is 13.2 Å². The molecule has 0 unspecified atom stereocenters. The van der Waals surface area contributed by atoms with Crippen LogP contribution in [0.1, 0.15) is 0 Å². The van der Waals surface area contributed by atoms with Gasteiger partial charge >= 0.3 is 0 Å². The predicted molar refractivity (Wildman–Crippen MR) is 37.1 cm³/mol. The summed E-state index contributed by atoms with van der Waals surface area (Å²) in [4.78, 5) is 0. The molecule has 74 valence electrons. The summed E-state index contributed by atoms with van der Waals surface area (Å²) in [5, 5.41) is 43.0. The lowest BCUT2D eigenvalue weighted by atomic mass is 10.1. The highest BCUT2D eigenvalue weighted by Gasteiger charge is 2.30. The Bertz CT molecular complexity index is 109. The molecule has 0 aromatic carbocycles. The highest BCUT2D eigenvalue weighted by molar-refractivity contribution is 4.80. The third kappa shape index (κ3) is 3.00. The highest BCUT2D eigenvalue weighted by atomic mass is 19.1. The summed E-state index contributed by atoms with van der Waals surface area (Å²) in [5.74, 6) is 0. The van der Waals surface area contributed by atoms with Crippen LogP contribution >= 0.6 is 0 Å². The van der Waals surface area contributed by atoms with Crippen molar-refractivity contribution in [3.8, 4) is 0 Å². The van der Waals surface area contributed by atoms with Crippen molar-refractivity contribution in [3.05, 3.63) is 0 Å². The predicted octanol–water partition coefficient (Wildman–Crippen LogP) is -2.61. The third-order valence-electron chi connectivity index (χ3n) is 1.48. The van der Waals surface area contributed by atoms with E-state index in [0.717, 1.165) is 0 Å². The van der Waals surface area contributed by atoms with Crippen LogP contribution in [-0.4, -0.2) is 63.2 Å². The molecule has 0 heterocycles. The maximum Gasteiger partial charge on any atom is 0.151 e. The maximum atomic E-state index is 12.4. The average Bonchev–Trinajstić information content (AvgIpc) is 2.12. The number of halogens is 1. The second-order valence-electron chi connectivity index (χ2n) is 2.43. The van der Waals surface area contributed by atoms with Crippen LogP contribution in [0.3, 0.4) is 0 Å². The van der Waals surface area contributed by atoms with Gasteiger partial charge in [0.15, 0.2) is 6.17 Å². The van der Waals surface area contributed by atoms with Crippen LogP contribution in [0.25, 0.3) is 0 Å². The Balaban J connectivity index is 3.99. The van der Waals surface area contributed by atoms with Gasteiger partial charge in [0, 0.05) is 0 Å². The van der Waals surface area contributed by atoms with Crippen LogP contribution < -0.4 is 0 Å². The maximum absolute atomic E-state index is 12.4. The Kier molecular flexibility index (Phi) is 5.27.